The van der Waals surface area contributed by atoms with Gasteiger partial charge in [-0.05, 0) is 50.3 Å². The molecule has 0 spiro atoms. The molecule has 2 N–H and O–H groups in total. The van der Waals surface area contributed by atoms with Crippen LogP contribution in [0.4, 0.5) is 0 Å². The van der Waals surface area contributed by atoms with E-state index < -0.39 is 23.4 Å². The number of carboxylic acids is 1. The monoisotopic (exact) mass is 391 g/mol. The lowest BCUT2D eigenvalue weighted by molar-refractivity contribution is -0.155. The minimum Gasteiger partial charge on any atom is -0.493 e. The van der Waals surface area contributed by atoms with Crippen LogP contribution in [-0.2, 0) is 9.59 Å². The highest BCUT2D eigenvalue weighted by Gasteiger charge is 2.49. The fraction of sp³-hybridized carbons (Fsp3) is 0.619. The highest BCUT2D eigenvalue weighted by atomic mass is 16.5. The number of carbonyl (C=O) groups is 2. The molecule has 1 aliphatic carbocycles. The normalized spacial score (nSPS) is 26.3. The van der Waals surface area contributed by atoms with Crippen LogP contribution in [0.3, 0.4) is 0 Å². The maximum Gasteiger partial charge on any atom is 0.394 e. The number of aliphatic hydroxyl groups excluding tert-OH is 1. The van der Waals surface area contributed by atoms with Crippen molar-refractivity contribution in [3.8, 4) is 11.5 Å². The number of hydrogen-bond acceptors (Lipinski definition) is 5. The molecule has 1 heterocycles. The van der Waals surface area contributed by atoms with Crippen molar-refractivity contribution in [3.05, 3.63) is 23.8 Å². The summed E-state index contributed by atoms with van der Waals surface area (Å²) in [4.78, 5) is 24.5. The van der Waals surface area contributed by atoms with Gasteiger partial charge >= 0.3 is 11.9 Å². The topological polar surface area (TPSA) is 96.3 Å². The van der Waals surface area contributed by atoms with E-state index in [0.29, 0.717) is 11.5 Å². The van der Waals surface area contributed by atoms with E-state index in [9.17, 15) is 14.7 Å². The average Bonchev–Trinajstić information content (AvgIpc) is 3.29. The van der Waals surface area contributed by atoms with E-state index in [1.54, 1.807) is 14.0 Å². The Morgan fingerprint density at radius 3 is 2.50 bits per heavy atom. The molecule has 1 amide bonds. The standard InChI is InChI=1S/C21H29NO6/c1-13(23)21(2)12-22(19(24)20(25)26)11-16(21)14-8-9-17(27-3)18(10-14)28-15-6-4-5-7-15/h8-10,13,15-16,23H,4-7,11-12H2,1-3H3,(H,25,26). The predicted octanol–water partition coefficient (Wildman–Crippen LogP) is 2.41. The van der Waals surface area contributed by atoms with E-state index in [1.165, 1.54) is 4.90 Å². The molecule has 1 saturated carbocycles. The fourth-order valence-electron chi connectivity index (χ4n) is 4.40. The first-order chi connectivity index (χ1) is 13.3. The number of carbonyl (C=O) groups excluding carboxylic acids is 1. The zero-order valence-corrected chi connectivity index (χ0v) is 16.7. The van der Waals surface area contributed by atoms with Crippen molar-refractivity contribution in [2.24, 2.45) is 5.41 Å². The molecule has 3 rings (SSSR count). The highest BCUT2D eigenvalue weighted by molar-refractivity contribution is 6.31. The van der Waals surface area contributed by atoms with Gasteiger partial charge in [0.1, 0.15) is 0 Å². The Kier molecular flexibility index (Phi) is 5.84. The van der Waals surface area contributed by atoms with Crippen molar-refractivity contribution >= 4 is 11.9 Å². The summed E-state index contributed by atoms with van der Waals surface area (Å²) in [5.41, 5.74) is 0.238. The molecule has 3 atom stereocenters. The summed E-state index contributed by atoms with van der Waals surface area (Å²) in [5.74, 6) is -1.33. The van der Waals surface area contributed by atoms with Crippen LogP contribution >= 0.6 is 0 Å². The molecule has 7 heteroatoms. The molecule has 0 radical (unpaired) electrons. The third-order valence-electron chi connectivity index (χ3n) is 6.34. The molecular formula is C21H29NO6. The third kappa shape index (κ3) is 3.81. The number of hydrogen-bond donors (Lipinski definition) is 2. The minimum absolute atomic E-state index is 0.168. The summed E-state index contributed by atoms with van der Waals surface area (Å²) >= 11 is 0. The number of likely N-dealkylation sites (tertiary alicyclic amines) is 1. The smallest absolute Gasteiger partial charge is 0.394 e. The van der Waals surface area contributed by atoms with Gasteiger partial charge in [0.25, 0.3) is 0 Å². The lowest BCUT2D eigenvalue weighted by atomic mass is 9.72. The van der Waals surface area contributed by atoms with Crippen LogP contribution in [0.25, 0.3) is 0 Å². The number of benzene rings is 1. The van der Waals surface area contributed by atoms with Gasteiger partial charge in [0, 0.05) is 24.4 Å². The largest absolute Gasteiger partial charge is 0.493 e. The van der Waals surface area contributed by atoms with Gasteiger partial charge in [0.15, 0.2) is 11.5 Å². The van der Waals surface area contributed by atoms with E-state index in [-0.39, 0.29) is 25.1 Å². The maximum absolute atomic E-state index is 12.0. The SMILES string of the molecule is COc1ccc(C2CN(C(=O)C(=O)O)CC2(C)C(C)O)cc1OC1CCCC1. The Morgan fingerprint density at radius 1 is 1.25 bits per heavy atom. The van der Waals surface area contributed by atoms with Crippen molar-refractivity contribution in [3.63, 3.8) is 0 Å². The van der Waals surface area contributed by atoms with Gasteiger partial charge in [-0.3, -0.25) is 4.79 Å². The van der Waals surface area contributed by atoms with Gasteiger partial charge in [0.05, 0.1) is 19.3 Å². The van der Waals surface area contributed by atoms with Crippen LogP contribution in [0.5, 0.6) is 11.5 Å². The van der Waals surface area contributed by atoms with Gasteiger partial charge in [0.2, 0.25) is 0 Å². The van der Waals surface area contributed by atoms with Gasteiger partial charge in [-0.15, -0.1) is 0 Å². The van der Waals surface area contributed by atoms with Gasteiger partial charge in [-0.25, -0.2) is 4.79 Å². The van der Waals surface area contributed by atoms with E-state index in [0.717, 1.165) is 31.2 Å². The quantitative estimate of drug-likeness (QED) is 0.749. The lowest BCUT2D eigenvalue weighted by Gasteiger charge is -2.34. The molecule has 3 unspecified atom stereocenters. The molecule has 7 nitrogen and oxygen atoms in total. The number of rotatable bonds is 5. The molecule has 28 heavy (non-hydrogen) atoms. The van der Waals surface area contributed by atoms with E-state index in [4.69, 9.17) is 14.6 Å². The first-order valence-electron chi connectivity index (χ1n) is 9.81. The number of nitrogens with zero attached hydrogens (tertiary/aromatic N) is 1. The molecule has 1 aromatic carbocycles. The summed E-state index contributed by atoms with van der Waals surface area (Å²) < 4.78 is 11.6. The number of carboxylic acid groups (broad SMARTS) is 1. The van der Waals surface area contributed by atoms with Crippen LogP contribution in [0.15, 0.2) is 18.2 Å². The number of ether oxygens (including phenoxy) is 2. The van der Waals surface area contributed by atoms with Crippen LogP contribution in [0, 0.1) is 5.41 Å². The second kappa shape index (κ2) is 7.99. The summed E-state index contributed by atoms with van der Waals surface area (Å²) in [5, 5.41) is 19.5. The van der Waals surface area contributed by atoms with Crippen LogP contribution in [0.2, 0.25) is 0 Å². The Morgan fingerprint density at radius 2 is 1.93 bits per heavy atom. The van der Waals surface area contributed by atoms with Crippen LogP contribution in [0.1, 0.15) is 51.0 Å². The first-order valence-corrected chi connectivity index (χ1v) is 9.81. The van der Waals surface area contributed by atoms with Gasteiger partial charge in [-0.1, -0.05) is 13.0 Å². The van der Waals surface area contributed by atoms with E-state index >= 15 is 0 Å². The number of amides is 1. The molecule has 154 valence electrons. The first kappa shape index (κ1) is 20.5. The Balaban J connectivity index is 1.92. The molecular weight excluding hydrogens is 362 g/mol. The number of methoxy groups -OCH3 is 1. The van der Waals surface area contributed by atoms with Crippen molar-refractivity contribution in [2.75, 3.05) is 20.2 Å². The molecule has 1 aromatic rings. The van der Waals surface area contributed by atoms with Crippen LogP contribution < -0.4 is 9.47 Å². The summed E-state index contributed by atoms with van der Waals surface area (Å²) in [6.07, 6.45) is 3.79. The predicted molar refractivity (Wildman–Crippen MR) is 103 cm³/mol. The molecule has 1 saturated heterocycles. The summed E-state index contributed by atoms with van der Waals surface area (Å²) in [7, 11) is 1.60. The molecule has 0 aromatic heterocycles. The molecule has 2 aliphatic rings. The zero-order chi connectivity index (χ0) is 20.5. The highest BCUT2D eigenvalue weighted by Crippen LogP contribution is 2.47. The molecule has 2 fully saturated rings. The molecule has 1 aliphatic heterocycles. The van der Waals surface area contributed by atoms with Crippen molar-refractivity contribution in [1.82, 2.24) is 4.90 Å². The minimum atomic E-state index is -1.48. The Bertz CT molecular complexity index is 742. The number of aliphatic carboxylic acids is 1. The van der Waals surface area contributed by atoms with Crippen LogP contribution in [-0.4, -0.2) is 59.4 Å². The van der Waals surface area contributed by atoms with Crippen molar-refractivity contribution < 1.29 is 29.3 Å². The van der Waals surface area contributed by atoms with E-state index in [1.807, 2.05) is 25.1 Å². The van der Waals surface area contributed by atoms with Crippen molar-refractivity contribution in [2.45, 2.75) is 57.7 Å². The fourth-order valence-corrected chi connectivity index (χ4v) is 4.40. The zero-order valence-electron chi connectivity index (χ0n) is 16.7. The molecule has 0 bridgehead atoms. The third-order valence-corrected chi connectivity index (χ3v) is 6.34. The second-order valence-electron chi connectivity index (χ2n) is 8.16. The second-order valence-corrected chi connectivity index (χ2v) is 8.16. The summed E-state index contributed by atoms with van der Waals surface area (Å²) in [6, 6.07) is 5.65. The maximum atomic E-state index is 12.0. The number of aliphatic hydroxyl groups is 1. The van der Waals surface area contributed by atoms with E-state index in [2.05, 4.69) is 0 Å². The van der Waals surface area contributed by atoms with Crippen molar-refractivity contribution in [1.29, 1.82) is 0 Å². The lowest BCUT2D eigenvalue weighted by Crippen LogP contribution is -2.39. The van der Waals surface area contributed by atoms with Gasteiger partial charge < -0.3 is 24.6 Å². The summed E-state index contributed by atoms with van der Waals surface area (Å²) in [6.45, 7) is 3.99. The average molecular weight is 391 g/mol. The Hall–Kier alpha value is -2.28. The Labute approximate surface area is 165 Å². The van der Waals surface area contributed by atoms with Gasteiger partial charge in [-0.2, -0.15) is 0 Å².